The Morgan fingerprint density at radius 3 is 2.19 bits per heavy atom. The quantitative estimate of drug-likeness (QED) is 0.610. The molecule has 0 aromatic carbocycles. The molecule has 0 rings (SSSR count). The van der Waals surface area contributed by atoms with Crippen LogP contribution in [0.3, 0.4) is 0 Å². The Hall–Kier alpha value is -0.0800. The van der Waals surface area contributed by atoms with E-state index in [4.69, 9.17) is 4.74 Å². The molecule has 0 fully saturated rings. The maximum absolute atomic E-state index is 5.59. The molecular formula is C14H31NO. The third-order valence-electron chi connectivity index (χ3n) is 2.44. The molecule has 0 amide bonds. The van der Waals surface area contributed by atoms with Gasteiger partial charge in [-0.25, -0.2) is 0 Å². The standard InChI is InChI=1S/C14H31NO/c1-13(2)9-8-12-16-11-7-6-10-15-14(3,4)5/h13,15H,6-12H2,1-5H3. The summed E-state index contributed by atoms with van der Waals surface area (Å²) < 4.78 is 5.59. The van der Waals surface area contributed by atoms with Crippen molar-refractivity contribution in [3.63, 3.8) is 0 Å². The van der Waals surface area contributed by atoms with Crippen LogP contribution in [0.2, 0.25) is 0 Å². The van der Waals surface area contributed by atoms with Gasteiger partial charge in [0.15, 0.2) is 0 Å². The van der Waals surface area contributed by atoms with Gasteiger partial charge in [-0.3, -0.25) is 0 Å². The molecule has 0 aliphatic carbocycles. The van der Waals surface area contributed by atoms with E-state index < -0.39 is 0 Å². The average Bonchev–Trinajstić information content (AvgIpc) is 2.13. The second-order valence-corrected chi connectivity index (χ2v) is 6.03. The predicted octanol–water partition coefficient (Wildman–Crippen LogP) is 3.61. The van der Waals surface area contributed by atoms with Gasteiger partial charge in [0.1, 0.15) is 0 Å². The van der Waals surface area contributed by atoms with Crippen molar-refractivity contribution in [3.8, 4) is 0 Å². The first-order valence-corrected chi connectivity index (χ1v) is 6.74. The molecule has 0 aliphatic rings. The second-order valence-electron chi connectivity index (χ2n) is 6.03. The lowest BCUT2D eigenvalue weighted by Gasteiger charge is -2.20. The van der Waals surface area contributed by atoms with Crippen molar-refractivity contribution in [1.29, 1.82) is 0 Å². The van der Waals surface area contributed by atoms with Gasteiger partial charge in [-0.1, -0.05) is 13.8 Å². The Kier molecular flexibility index (Phi) is 8.96. The van der Waals surface area contributed by atoms with Gasteiger partial charge in [-0.05, 0) is 58.9 Å². The van der Waals surface area contributed by atoms with E-state index in [9.17, 15) is 0 Å². The normalized spacial score (nSPS) is 12.4. The maximum Gasteiger partial charge on any atom is 0.0466 e. The molecule has 0 heterocycles. The topological polar surface area (TPSA) is 21.3 Å². The maximum atomic E-state index is 5.59. The van der Waals surface area contributed by atoms with Crippen LogP contribution in [0.5, 0.6) is 0 Å². The van der Waals surface area contributed by atoms with Crippen LogP contribution < -0.4 is 5.32 Å². The number of hydrogen-bond donors (Lipinski definition) is 1. The summed E-state index contributed by atoms with van der Waals surface area (Å²) in [6, 6.07) is 0. The van der Waals surface area contributed by atoms with Crippen LogP contribution in [0.4, 0.5) is 0 Å². The van der Waals surface area contributed by atoms with E-state index in [0.29, 0.717) is 0 Å². The van der Waals surface area contributed by atoms with Crippen LogP contribution in [-0.2, 0) is 4.74 Å². The van der Waals surface area contributed by atoms with Gasteiger partial charge in [0.05, 0.1) is 0 Å². The summed E-state index contributed by atoms with van der Waals surface area (Å²) in [5.74, 6) is 0.805. The highest BCUT2D eigenvalue weighted by Crippen LogP contribution is 2.03. The van der Waals surface area contributed by atoms with Crippen LogP contribution in [-0.4, -0.2) is 25.3 Å². The summed E-state index contributed by atoms with van der Waals surface area (Å²) in [5, 5.41) is 3.48. The molecule has 2 nitrogen and oxygen atoms in total. The van der Waals surface area contributed by atoms with Gasteiger partial charge in [-0.15, -0.1) is 0 Å². The van der Waals surface area contributed by atoms with E-state index in [1.807, 2.05) is 0 Å². The molecule has 0 aromatic rings. The summed E-state index contributed by atoms with van der Waals surface area (Å²) in [4.78, 5) is 0. The fourth-order valence-electron chi connectivity index (χ4n) is 1.49. The van der Waals surface area contributed by atoms with Crippen molar-refractivity contribution < 1.29 is 4.74 Å². The molecule has 0 spiro atoms. The Bertz CT molecular complexity index is 149. The Morgan fingerprint density at radius 1 is 1.00 bits per heavy atom. The van der Waals surface area contributed by atoms with Gasteiger partial charge in [0.25, 0.3) is 0 Å². The van der Waals surface area contributed by atoms with Crippen molar-refractivity contribution in [2.24, 2.45) is 5.92 Å². The third-order valence-corrected chi connectivity index (χ3v) is 2.44. The number of hydrogen-bond acceptors (Lipinski definition) is 2. The van der Waals surface area contributed by atoms with Gasteiger partial charge in [0.2, 0.25) is 0 Å². The van der Waals surface area contributed by atoms with Gasteiger partial charge >= 0.3 is 0 Å². The summed E-state index contributed by atoms with van der Waals surface area (Å²) in [6.45, 7) is 14.1. The van der Waals surface area contributed by atoms with Gasteiger partial charge in [0, 0.05) is 18.8 Å². The monoisotopic (exact) mass is 229 g/mol. The number of ether oxygens (including phenoxy) is 1. The van der Waals surface area contributed by atoms with Crippen molar-refractivity contribution >= 4 is 0 Å². The fraction of sp³-hybridized carbons (Fsp3) is 1.00. The average molecular weight is 229 g/mol. The highest BCUT2D eigenvalue weighted by molar-refractivity contribution is 4.69. The van der Waals surface area contributed by atoms with E-state index in [1.54, 1.807) is 0 Å². The van der Waals surface area contributed by atoms with Crippen LogP contribution in [0.25, 0.3) is 0 Å². The minimum atomic E-state index is 0.248. The zero-order valence-corrected chi connectivity index (χ0v) is 11.9. The van der Waals surface area contributed by atoms with E-state index in [0.717, 1.165) is 25.7 Å². The van der Waals surface area contributed by atoms with Crippen LogP contribution in [0, 0.1) is 5.92 Å². The summed E-state index contributed by atoms with van der Waals surface area (Å²) >= 11 is 0. The first-order valence-electron chi connectivity index (χ1n) is 6.74. The molecule has 0 aliphatic heterocycles. The van der Waals surface area contributed by atoms with Crippen molar-refractivity contribution in [3.05, 3.63) is 0 Å². The SMILES string of the molecule is CC(C)CCCOCCCCNC(C)(C)C. The molecule has 16 heavy (non-hydrogen) atoms. The van der Waals surface area contributed by atoms with Gasteiger partial charge in [-0.2, -0.15) is 0 Å². The highest BCUT2D eigenvalue weighted by Gasteiger charge is 2.06. The molecule has 0 aromatic heterocycles. The molecule has 0 unspecified atom stereocenters. The van der Waals surface area contributed by atoms with Crippen LogP contribution in [0.1, 0.15) is 60.3 Å². The fourth-order valence-corrected chi connectivity index (χ4v) is 1.49. The van der Waals surface area contributed by atoms with Crippen LogP contribution in [0.15, 0.2) is 0 Å². The molecule has 1 N–H and O–H groups in total. The lowest BCUT2D eigenvalue weighted by molar-refractivity contribution is 0.124. The summed E-state index contributed by atoms with van der Waals surface area (Å²) in [6.07, 6.45) is 4.87. The Labute approximate surface area is 102 Å². The first kappa shape index (κ1) is 15.9. The molecule has 0 bridgehead atoms. The highest BCUT2D eigenvalue weighted by atomic mass is 16.5. The minimum absolute atomic E-state index is 0.248. The van der Waals surface area contributed by atoms with Gasteiger partial charge < -0.3 is 10.1 Å². The Morgan fingerprint density at radius 2 is 1.62 bits per heavy atom. The molecule has 2 heteroatoms. The lowest BCUT2D eigenvalue weighted by Crippen LogP contribution is -2.36. The van der Waals surface area contributed by atoms with E-state index >= 15 is 0 Å². The smallest absolute Gasteiger partial charge is 0.0466 e. The zero-order valence-electron chi connectivity index (χ0n) is 11.9. The van der Waals surface area contributed by atoms with Crippen molar-refractivity contribution in [2.45, 2.75) is 65.8 Å². The molecule has 0 radical (unpaired) electrons. The van der Waals surface area contributed by atoms with Crippen molar-refractivity contribution in [1.82, 2.24) is 5.32 Å². The number of nitrogens with one attached hydrogen (secondary N) is 1. The van der Waals surface area contributed by atoms with E-state index in [2.05, 4.69) is 39.9 Å². The molecule has 0 atom stereocenters. The van der Waals surface area contributed by atoms with E-state index in [-0.39, 0.29) is 5.54 Å². The lowest BCUT2D eigenvalue weighted by atomic mass is 10.1. The minimum Gasteiger partial charge on any atom is -0.381 e. The third kappa shape index (κ3) is 13.9. The largest absolute Gasteiger partial charge is 0.381 e. The molecule has 0 saturated carbocycles. The predicted molar refractivity (Wildman–Crippen MR) is 71.9 cm³/mol. The number of unbranched alkanes of at least 4 members (excludes halogenated alkanes) is 1. The zero-order chi connectivity index (χ0) is 12.4. The second kappa shape index (κ2) is 9.00. The Balaban J connectivity index is 3.05. The molecule has 0 saturated heterocycles. The molecule has 98 valence electrons. The molecular weight excluding hydrogens is 198 g/mol. The van der Waals surface area contributed by atoms with Crippen molar-refractivity contribution in [2.75, 3.05) is 19.8 Å². The summed E-state index contributed by atoms with van der Waals surface area (Å²) in [5.41, 5.74) is 0.248. The van der Waals surface area contributed by atoms with E-state index in [1.165, 1.54) is 25.7 Å². The summed E-state index contributed by atoms with van der Waals surface area (Å²) in [7, 11) is 0. The number of rotatable bonds is 9. The van der Waals surface area contributed by atoms with Crippen LogP contribution >= 0.6 is 0 Å². The first-order chi connectivity index (χ1) is 7.42.